The molecule has 7 nitrogen and oxygen atoms in total. The molecule has 6 aromatic rings. The fourth-order valence-electron chi connectivity index (χ4n) is 4.36. The lowest BCUT2D eigenvalue weighted by Crippen LogP contribution is -2.01. The Hall–Kier alpha value is -5.30. The van der Waals surface area contributed by atoms with Gasteiger partial charge in [0, 0.05) is 17.2 Å². The maximum atomic E-state index is 6.66. The number of nitrogen functional groups attached to an aromatic ring is 1. The van der Waals surface area contributed by atoms with E-state index < -0.39 is 0 Å². The summed E-state index contributed by atoms with van der Waals surface area (Å²) >= 11 is 0. The van der Waals surface area contributed by atoms with Crippen molar-refractivity contribution in [2.24, 2.45) is 10.2 Å². The molecule has 7 heteroatoms. The first-order valence-corrected chi connectivity index (χ1v) is 12.7. The molecular weight excluding hydrogens is 482 g/mol. The van der Waals surface area contributed by atoms with Gasteiger partial charge >= 0.3 is 0 Å². The van der Waals surface area contributed by atoms with Gasteiger partial charge in [-0.05, 0) is 38.1 Å². The van der Waals surface area contributed by atoms with Crippen LogP contribution in [-0.4, -0.2) is 19.6 Å². The zero-order valence-electron chi connectivity index (χ0n) is 21.7. The number of benzene rings is 4. The van der Waals surface area contributed by atoms with Gasteiger partial charge in [0.05, 0.1) is 17.1 Å². The third-order valence-corrected chi connectivity index (χ3v) is 6.51. The highest BCUT2D eigenvalue weighted by Crippen LogP contribution is 2.38. The van der Waals surface area contributed by atoms with E-state index >= 15 is 0 Å². The van der Waals surface area contributed by atoms with Crippen LogP contribution in [0.2, 0.25) is 0 Å². The van der Waals surface area contributed by atoms with Crippen molar-refractivity contribution in [2.75, 3.05) is 5.73 Å². The van der Waals surface area contributed by atoms with E-state index in [9.17, 15) is 0 Å². The summed E-state index contributed by atoms with van der Waals surface area (Å²) in [5.41, 5.74) is 14.6. The molecule has 0 bridgehead atoms. The molecule has 0 unspecified atom stereocenters. The molecule has 4 aromatic carbocycles. The lowest BCUT2D eigenvalue weighted by atomic mass is 10.1. The van der Waals surface area contributed by atoms with Gasteiger partial charge in [0.25, 0.3) is 0 Å². The van der Waals surface area contributed by atoms with Crippen LogP contribution in [0.3, 0.4) is 0 Å². The van der Waals surface area contributed by atoms with Gasteiger partial charge in [0.1, 0.15) is 5.69 Å². The van der Waals surface area contributed by atoms with Crippen molar-refractivity contribution in [1.29, 1.82) is 0 Å². The van der Waals surface area contributed by atoms with Gasteiger partial charge in [-0.25, -0.2) is 9.36 Å². The Bertz CT molecular complexity index is 1750. The second-order valence-electron chi connectivity index (χ2n) is 9.40. The fraction of sp³-hybridized carbons (Fsp3) is 0.0625. The highest BCUT2D eigenvalue weighted by Gasteiger charge is 2.19. The van der Waals surface area contributed by atoms with E-state index in [1.165, 1.54) is 5.56 Å². The Balaban J connectivity index is 1.49. The average molecular weight is 510 g/mol. The summed E-state index contributed by atoms with van der Waals surface area (Å²) in [5.74, 6) is 0.991. The zero-order valence-corrected chi connectivity index (χ0v) is 21.7. The van der Waals surface area contributed by atoms with E-state index in [0.29, 0.717) is 23.0 Å². The smallest absolute Gasteiger partial charge is 0.178 e. The summed E-state index contributed by atoms with van der Waals surface area (Å²) < 4.78 is 3.51. The van der Waals surface area contributed by atoms with Crippen molar-refractivity contribution in [3.63, 3.8) is 0 Å². The molecule has 0 aliphatic carbocycles. The van der Waals surface area contributed by atoms with Gasteiger partial charge in [-0.15, -0.1) is 10.2 Å². The Labute approximate surface area is 226 Å². The molecule has 0 saturated heterocycles. The highest BCUT2D eigenvalue weighted by atomic mass is 15.4. The van der Waals surface area contributed by atoms with E-state index in [1.54, 1.807) is 9.36 Å². The maximum Gasteiger partial charge on any atom is 0.178 e. The fourth-order valence-corrected chi connectivity index (χ4v) is 4.36. The minimum atomic E-state index is 0.408. The van der Waals surface area contributed by atoms with E-state index in [-0.39, 0.29) is 0 Å². The van der Waals surface area contributed by atoms with Crippen molar-refractivity contribution in [1.82, 2.24) is 19.6 Å². The Morgan fingerprint density at radius 3 is 1.72 bits per heavy atom. The summed E-state index contributed by atoms with van der Waals surface area (Å²) in [5, 5.41) is 19.1. The summed E-state index contributed by atoms with van der Waals surface area (Å²) in [4.78, 5) is 0. The van der Waals surface area contributed by atoms with Gasteiger partial charge in [-0.3, -0.25) is 0 Å². The van der Waals surface area contributed by atoms with Gasteiger partial charge in [0.2, 0.25) is 0 Å². The largest absolute Gasteiger partial charge is 0.382 e. The van der Waals surface area contributed by atoms with Crippen LogP contribution in [0.1, 0.15) is 11.1 Å². The number of aryl methyl sites for hydroxylation is 2. The Morgan fingerprint density at radius 2 is 1.13 bits per heavy atom. The number of nitrogens with two attached hydrogens (primary N) is 1. The molecular formula is C32H27N7. The van der Waals surface area contributed by atoms with Crippen molar-refractivity contribution >= 4 is 17.3 Å². The topological polar surface area (TPSA) is 86.4 Å². The van der Waals surface area contributed by atoms with Crippen LogP contribution in [0.25, 0.3) is 33.9 Å². The highest BCUT2D eigenvalue weighted by molar-refractivity contribution is 5.80. The van der Waals surface area contributed by atoms with Crippen molar-refractivity contribution < 1.29 is 0 Å². The average Bonchev–Trinajstić information content (AvgIpc) is 3.55. The zero-order chi connectivity index (χ0) is 26.8. The molecule has 0 saturated carbocycles. The van der Waals surface area contributed by atoms with Gasteiger partial charge in [-0.2, -0.15) is 10.2 Å². The molecule has 0 amide bonds. The predicted molar refractivity (Wildman–Crippen MR) is 156 cm³/mol. The predicted octanol–water partition coefficient (Wildman–Crippen LogP) is 8.01. The number of nitrogens with zero attached hydrogens (tertiary/aromatic N) is 6. The van der Waals surface area contributed by atoms with Gasteiger partial charge < -0.3 is 5.73 Å². The third kappa shape index (κ3) is 4.85. The van der Waals surface area contributed by atoms with Crippen molar-refractivity contribution in [3.05, 3.63) is 126 Å². The number of azo groups is 1. The van der Waals surface area contributed by atoms with Crippen molar-refractivity contribution in [3.8, 4) is 33.9 Å². The van der Waals surface area contributed by atoms with Crippen LogP contribution >= 0.6 is 0 Å². The molecule has 2 N–H and O–H groups in total. The molecule has 6 rings (SSSR count). The second kappa shape index (κ2) is 10.2. The minimum Gasteiger partial charge on any atom is -0.382 e. The maximum absolute atomic E-state index is 6.66. The molecule has 0 aliphatic rings. The number of anilines is 1. The summed E-state index contributed by atoms with van der Waals surface area (Å²) in [6.45, 7) is 4.11. The standard InChI is InChI=1S/C32H27N7/c1-22-13-17-26(18-14-22)38-29(21-28(36-38)24-9-5-3-6-10-24)34-35-31-30(25-11-7-4-8-12-25)37-39(32(31)33)27-19-15-23(2)16-20-27/h3-21H,33H2,1-2H3. The second-order valence-corrected chi connectivity index (χ2v) is 9.40. The summed E-state index contributed by atoms with van der Waals surface area (Å²) in [6, 6.07) is 38.1. The van der Waals surface area contributed by atoms with E-state index in [0.717, 1.165) is 33.8 Å². The lowest BCUT2D eigenvalue weighted by molar-refractivity contribution is 0.873. The Kier molecular flexibility index (Phi) is 6.31. The number of rotatable bonds is 6. The SMILES string of the molecule is Cc1ccc(-n2nc(-c3ccccc3)cc2N=Nc2c(-c3ccccc3)nn(-c3ccc(C)cc3)c2N)cc1. The minimum absolute atomic E-state index is 0.408. The summed E-state index contributed by atoms with van der Waals surface area (Å²) in [7, 11) is 0. The van der Waals surface area contributed by atoms with Crippen molar-refractivity contribution in [2.45, 2.75) is 13.8 Å². The molecule has 0 fully saturated rings. The van der Waals surface area contributed by atoms with Crippen LogP contribution in [-0.2, 0) is 0 Å². The first-order chi connectivity index (χ1) is 19.1. The van der Waals surface area contributed by atoms with Gasteiger partial charge in [0.15, 0.2) is 17.3 Å². The van der Waals surface area contributed by atoms with Crippen LogP contribution < -0.4 is 5.73 Å². The lowest BCUT2D eigenvalue weighted by Gasteiger charge is -2.05. The quantitative estimate of drug-likeness (QED) is 0.231. The van der Waals surface area contributed by atoms with E-state index in [4.69, 9.17) is 15.9 Å². The monoisotopic (exact) mass is 509 g/mol. The molecule has 0 atom stereocenters. The number of hydrogen-bond donors (Lipinski definition) is 1. The number of hydrogen-bond acceptors (Lipinski definition) is 5. The molecule has 0 aliphatic heterocycles. The van der Waals surface area contributed by atoms with Crippen LogP contribution in [0.4, 0.5) is 17.3 Å². The van der Waals surface area contributed by atoms with E-state index in [1.807, 2.05) is 110 Å². The van der Waals surface area contributed by atoms with Crippen LogP contribution in [0.5, 0.6) is 0 Å². The first-order valence-electron chi connectivity index (χ1n) is 12.7. The van der Waals surface area contributed by atoms with Gasteiger partial charge in [-0.1, -0.05) is 96.1 Å². The van der Waals surface area contributed by atoms with E-state index in [2.05, 4.69) is 29.3 Å². The normalized spacial score (nSPS) is 11.3. The Morgan fingerprint density at radius 1 is 0.590 bits per heavy atom. The third-order valence-electron chi connectivity index (χ3n) is 6.51. The number of aromatic nitrogens is 4. The molecule has 39 heavy (non-hydrogen) atoms. The molecule has 0 radical (unpaired) electrons. The molecule has 190 valence electrons. The first kappa shape index (κ1) is 24.1. The molecule has 0 spiro atoms. The molecule has 2 heterocycles. The van der Waals surface area contributed by atoms with Crippen LogP contribution in [0.15, 0.2) is 125 Å². The molecule has 2 aromatic heterocycles. The van der Waals surface area contributed by atoms with Crippen LogP contribution in [0, 0.1) is 13.8 Å². The summed E-state index contributed by atoms with van der Waals surface area (Å²) in [6.07, 6.45) is 0.